The topological polar surface area (TPSA) is 82.1 Å². The quantitative estimate of drug-likeness (QED) is 0.781. The molecule has 6 heteroatoms. The average Bonchev–Trinajstić information content (AvgIpc) is 2.63. The van der Waals surface area contributed by atoms with E-state index in [4.69, 9.17) is 14.2 Å². The molecule has 6 nitrogen and oxygen atoms in total. The van der Waals surface area contributed by atoms with Gasteiger partial charge in [0, 0.05) is 23.2 Å². The van der Waals surface area contributed by atoms with Crippen LogP contribution in [0.3, 0.4) is 0 Å². The summed E-state index contributed by atoms with van der Waals surface area (Å²) in [4.78, 5) is 27.3. The number of carbonyl (C=O) groups is 2. The summed E-state index contributed by atoms with van der Waals surface area (Å²) < 4.78 is 16.9. The zero-order valence-electron chi connectivity index (χ0n) is 17.4. The summed E-state index contributed by atoms with van der Waals surface area (Å²) in [6, 6.07) is 0. The highest BCUT2D eigenvalue weighted by Crippen LogP contribution is 2.67. The van der Waals surface area contributed by atoms with Crippen molar-refractivity contribution in [2.45, 2.75) is 52.9 Å². The Morgan fingerprint density at radius 2 is 1.86 bits per heavy atom. The minimum Gasteiger partial charge on any atom is -0.493 e. The smallest absolute Gasteiger partial charge is 0.203 e. The van der Waals surface area contributed by atoms with Crippen molar-refractivity contribution >= 4 is 11.6 Å². The van der Waals surface area contributed by atoms with Crippen LogP contribution in [0.15, 0.2) is 23.2 Å². The highest BCUT2D eigenvalue weighted by atomic mass is 16.6. The number of aliphatic hydroxyl groups excluding tert-OH is 1. The van der Waals surface area contributed by atoms with Gasteiger partial charge in [-0.05, 0) is 42.7 Å². The second kappa shape index (κ2) is 6.17. The minimum atomic E-state index is -0.907. The Balaban J connectivity index is 1.97. The molecule has 1 heterocycles. The molecule has 1 unspecified atom stereocenters. The largest absolute Gasteiger partial charge is 0.493 e. The van der Waals surface area contributed by atoms with Crippen LogP contribution in [-0.4, -0.2) is 43.3 Å². The summed E-state index contributed by atoms with van der Waals surface area (Å²) >= 11 is 0. The monoisotopic (exact) mass is 390 g/mol. The van der Waals surface area contributed by atoms with Gasteiger partial charge in [0.15, 0.2) is 17.8 Å². The first-order chi connectivity index (χ1) is 13.1. The number of ether oxygens (including phenoxy) is 3. The second-order valence-electron chi connectivity index (χ2n) is 9.30. The van der Waals surface area contributed by atoms with Crippen LogP contribution in [0.1, 0.15) is 40.5 Å². The first-order valence-corrected chi connectivity index (χ1v) is 10.0. The van der Waals surface area contributed by atoms with Crippen LogP contribution in [0.25, 0.3) is 0 Å². The Kier molecular flexibility index (Phi) is 4.33. The fourth-order valence-corrected chi connectivity index (χ4v) is 6.96. The predicted molar refractivity (Wildman–Crippen MR) is 101 cm³/mol. The van der Waals surface area contributed by atoms with E-state index in [1.54, 1.807) is 0 Å². The highest BCUT2D eigenvalue weighted by Gasteiger charge is 2.71. The third-order valence-electron chi connectivity index (χ3n) is 8.22. The summed E-state index contributed by atoms with van der Waals surface area (Å²) in [5.41, 5.74) is -0.644. The van der Waals surface area contributed by atoms with Crippen LogP contribution in [0.2, 0.25) is 0 Å². The summed E-state index contributed by atoms with van der Waals surface area (Å²) in [7, 11) is 3.00. The first-order valence-electron chi connectivity index (χ1n) is 10.0. The number of carbonyl (C=O) groups excluding carboxylic acids is 2. The standard InChI is InChI=1S/C22H30O6/c1-10-7-14(26-5)20(25)22(4)12(10)8-15-21(3)13(9-16(23)28-15)11(2)18(27-6)17(24)19(21)22/h7,10,12-13,15-16,19,23H,8-9H2,1-6H3/t10-,12+,13-,15-,16?,19+,21-,22+/m0/s1. The van der Waals surface area contributed by atoms with Crippen LogP contribution in [-0.2, 0) is 23.8 Å². The normalized spacial score (nSPS) is 47.9. The zero-order chi connectivity index (χ0) is 20.6. The summed E-state index contributed by atoms with van der Waals surface area (Å²) in [6.07, 6.45) is 1.70. The van der Waals surface area contributed by atoms with E-state index in [-0.39, 0.29) is 35.4 Å². The number of allylic oxidation sites excluding steroid dienone is 4. The number of rotatable bonds is 2. The van der Waals surface area contributed by atoms with Crippen molar-refractivity contribution in [3.63, 3.8) is 0 Å². The van der Waals surface area contributed by atoms with E-state index in [0.717, 1.165) is 5.57 Å². The van der Waals surface area contributed by atoms with Crippen molar-refractivity contribution in [2.75, 3.05) is 14.2 Å². The van der Waals surface area contributed by atoms with Gasteiger partial charge in [0.2, 0.25) is 11.6 Å². The molecule has 0 aromatic heterocycles. The van der Waals surface area contributed by atoms with E-state index < -0.39 is 23.0 Å². The van der Waals surface area contributed by atoms with Crippen molar-refractivity contribution in [3.05, 3.63) is 23.2 Å². The average molecular weight is 390 g/mol. The maximum atomic E-state index is 13.7. The molecular formula is C22H30O6. The maximum absolute atomic E-state index is 13.7. The molecule has 1 saturated carbocycles. The van der Waals surface area contributed by atoms with Crippen LogP contribution in [0.5, 0.6) is 0 Å². The van der Waals surface area contributed by atoms with Crippen molar-refractivity contribution in [1.29, 1.82) is 0 Å². The van der Waals surface area contributed by atoms with E-state index in [1.807, 2.05) is 19.9 Å². The lowest BCUT2D eigenvalue weighted by Gasteiger charge is -2.65. The van der Waals surface area contributed by atoms with E-state index in [0.29, 0.717) is 24.4 Å². The van der Waals surface area contributed by atoms with Gasteiger partial charge in [-0.1, -0.05) is 20.8 Å². The third-order valence-corrected chi connectivity index (χ3v) is 8.22. The fraction of sp³-hybridized carbons (Fsp3) is 0.727. The molecule has 0 radical (unpaired) electrons. The Morgan fingerprint density at radius 1 is 1.18 bits per heavy atom. The van der Waals surface area contributed by atoms with Crippen molar-refractivity contribution in [3.8, 4) is 0 Å². The third kappa shape index (κ3) is 2.16. The van der Waals surface area contributed by atoms with Crippen LogP contribution >= 0.6 is 0 Å². The van der Waals surface area contributed by atoms with E-state index in [2.05, 4.69) is 13.8 Å². The molecule has 154 valence electrons. The number of fused-ring (bicyclic) bond motifs is 2. The number of methoxy groups -OCH3 is 2. The predicted octanol–water partition coefficient (Wildman–Crippen LogP) is 2.61. The molecule has 4 rings (SSSR count). The van der Waals surface area contributed by atoms with E-state index in [1.165, 1.54) is 14.2 Å². The molecule has 0 amide bonds. The maximum Gasteiger partial charge on any atom is 0.203 e. The van der Waals surface area contributed by atoms with Gasteiger partial charge < -0.3 is 19.3 Å². The van der Waals surface area contributed by atoms with E-state index >= 15 is 0 Å². The number of Topliss-reactive ketones (excluding diaryl/α,β-unsaturated/α-hetero) is 2. The molecule has 0 aromatic carbocycles. The number of hydrogen-bond acceptors (Lipinski definition) is 6. The lowest BCUT2D eigenvalue weighted by atomic mass is 9.40. The van der Waals surface area contributed by atoms with Gasteiger partial charge in [-0.25, -0.2) is 0 Å². The Bertz CT molecular complexity index is 797. The molecule has 3 aliphatic carbocycles. The lowest BCUT2D eigenvalue weighted by Crippen LogP contribution is -2.69. The lowest BCUT2D eigenvalue weighted by molar-refractivity contribution is -0.272. The summed E-state index contributed by atoms with van der Waals surface area (Å²) in [5, 5.41) is 10.4. The number of aliphatic hydroxyl groups is 1. The molecule has 1 saturated heterocycles. The first kappa shape index (κ1) is 19.6. The Labute approximate surface area is 165 Å². The molecule has 0 aromatic rings. The van der Waals surface area contributed by atoms with Crippen molar-refractivity contribution in [2.24, 2.45) is 34.5 Å². The van der Waals surface area contributed by atoms with Gasteiger partial charge in [-0.2, -0.15) is 0 Å². The number of ketones is 2. The molecule has 1 aliphatic heterocycles. The van der Waals surface area contributed by atoms with Gasteiger partial charge in [0.25, 0.3) is 0 Å². The Hall–Kier alpha value is -1.66. The molecule has 0 spiro atoms. The SMILES string of the molecule is COC1=C[C@H](C)[C@H]2C[C@@H]3OC(O)C[C@H]4C(C)=C(OC)C(=O)[C@@H]([C@]2(C)C1=O)[C@]34C. The van der Waals surface area contributed by atoms with Gasteiger partial charge in [0.05, 0.1) is 20.3 Å². The molecule has 8 atom stereocenters. The van der Waals surface area contributed by atoms with Gasteiger partial charge in [-0.3, -0.25) is 9.59 Å². The van der Waals surface area contributed by atoms with Gasteiger partial charge in [0.1, 0.15) is 0 Å². The number of hydrogen-bond donors (Lipinski definition) is 1. The van der Waals surface area contributed by atoms with Crippen LogP contribution < -0.4 is 0 Å². The fourth-order valence-electron chi connectivity index (χ4n) is 6.96. The molecule has 1 N–H and O–H groups in total. The molecule has 28 heavy (non-hydrogen) atoms. The van der Waals surface area contributed by atoms with E-state index in [9.17, 15) is 14.7 Å². The van der Waals surface area contributed by atoms with Crippen molar-refractivity contribution in [1.82, 2.24) is 0 Å². The molecule has 0 bridgehead atoms. The van der Waals surface area contributed by atoms with Gasteiger partial charge >= 0.3 is 0 Å². The molecule has 4 aliphatic rings. The second-order valence-corrected chi connectivity index (χ2v) is 9.30. The summed E-state index contributed by atoms with van der Waals surface area (Å²) in [5.74, 6) is -0.284. The highest BCUT2D eigenvalue weighted by molar-refractivity contribution is 6.07. The van der Waals surface area contributed by atoms with Crippen LogP contribution in [0.4, 0.5) is 0 Å². The Morgan fingerprint density at radius 3 is 2.46 bits per heavy atom. The molecular weight excluding hydrogens is 360 g/mol. The zero-order valence-corrected chi connectivity index (χ0v) is 17.4. The molecule has 2 fully saturated rings. The minimum absolute atomic E-state index is 0.0501. The van der Waals surface area contributed by atoms with Crippen molar-refractivity contribution < 1.29 is 28.9 Å². The van der Waals surface area contributed by atoms with Gasteiger partial charge in [-0.15, -0.1) is 0 Å². The summed E-state index contributed by atoms with van der Waals surface area (Å²) in [6.45, 7) is 7.93. The van der Waals surface area contributed by atoms with Crippen LogP contribution in [0, 0.1) is 34.5 Å².